The Bertz CT molecular complexity index is 883. The van der Waals surface area contributed by atoms with Crippen molar-refractivity contribution in [2.75, 3.05) is 19.0 Å². The van der Waals surface area contributed by atoms with Gasteiger partial charge >= 0.3 is 0 Å². The number of benzene rings is 1. The lowest BCUT2D eigenvalue weighted by molar-refractivity contribution is 0.234. The predicted octanol–water partition coefficient (Wildman–Crippen LogP) is 4.04. The maximum Gasteiger partial charge on any atom is 0.161 e. The van der Waals surface area contributed by atoms with Gasteiger partial charge in [-0.15, -0.1) is 0 Å². The summed E-state index contributed by atoms with van der Waals surface area (Å²) in [6.45, 7) is 6.65. The van der Waals surface area contributed by atoms with Gasteiger partial charge in [0.2, 0.25) is 0 Å². The lowest BCUT2D eigenvalue weighted by Crippen LogP contribution is -2.23. The van der Waals surface area contributed by atoms with Gasteiger partial charge in [0.1, 0.15) is 23.4 Å². The first-order valence-electron chi connectivity index (χ1n) is 8.87. The first-order valence-corrected chi connectivity index (χ1v) is 8.87. The van der Waals surface area contributed by atoms with Crippen LogP contribution in [0.4, 0.5) is 5.82 Å². The van der Waals surface area contributed by atoms with Gasteiger partial charge in [-0.25, -0.2) is 9.97 Å². The highest BCUT2D eigenvalue weighted by molar-refractivity contribution is 5.59. The van der Waals surface area contributed by atoms with Crippen molar-refractivity contribution in [2.45, 2.75) is 26.9 Å². The van der Waals surface area contributed by atoms with Crippen molar-refractivity contribution in [3.8, 4) is 22.9 Å². The molecule has 0 aliphatic carbocycles. The van der Waals surface area contributed by atoms with Gasteiger partial charge in [-0.3, -0.25) is 4.98 Å². The lowest BCUT2D eigenvalue weighted by Gasteiger charge is -2.18. The fraction of sp³-hybridized carbons (Fsp3) is 0.286. The van der Waals surface area contributed by atoms with E-state index in [0.29, 0.717) is 12.4 Å². The minimum Gasteiger partial charge on any atom is -0.497 e. The summed E-state index contributed by atoms with van der Waals surface area (Å²) in [5.41, 5.74) is 2.92. The van der Waals surface area contributed by atoms with E-state index in [0.717, 1.165) is 34.1 Å². The summed E-state index contributed by atoms with van der Waals surface area (Å²) >= 11 is 0. The molecule has 27 heavy (non-hydrogen) atoms. The molecule has 6 nitrogen and oxygen atoms in total. The van der Waals surface area contributed by atoms with Crippen LogP contribution < -0.4 is 14.8 Å². The summed E-state index contributed by atoms with van der Waals surface area (Å²) in [7, 11) is 1.65. The molecular formula is C21H24N4O2. The predicted molar refractivity (Wildman–Crippen MR) is 106 cm³/mol. The number of anilines is 1. The van der Waals surface area contributed by atoms with E-state index in [1.54, 1.807) is 19.5 Å². The van der Waals surface area contributed by atoms with Gasteiger partial charge in [0.25, 0.3) is 0 Å². The smallest absolute Gasteiger partial charge is 0.161 e. The van der Waals surface area contributed by atoms with Crippen LogP contribution in [0.1, 0.15) is 18.2 Å². The van der Waals surface area contributed by atoms with Gasteiger partial charge in [0.15, 0.2) is 5.82 Å². The molecule has 6 heteroatoms. The highest BCUT2D eigenvalue weighted by Crippen LogP contribution is 2.22. The van der Waals surface area contributed by atoms with Crippen molar-refractivity contribution in [1.82, 2.24) is 15.0 Å². The van der Waals surface area contributed by atoms with Crippen molar-refractivity contribution in [2.24, 2.45) is 0 Å². The number of nitrogens with zero attached hydrogens (tertiary/aromatic N) is 3. The maximum atomic E-state index is 5.95. The normalized spacial score (nSPS) is 11.7. The zero-order valence-corrected chi connectivity index (χ0v) is 16.1. The average molecular weight is 364 g/mol. The number of nitrogens with one attached hydrogen (secondary N) is 1. The second-order valence-electron chi connectivity index (χ2n) is 6.33. The minimum atomic E-state index is -0.0301. The zero-order valence-electron chi connectivity index (χ0n) is 16.1. The van der Waals surface area contributed by atoms with Crippen LogP contribution >= 0.6 is 0 Å². The summed E-state index contributed by atoms with van der Waals surface area (Å²) in [5, 5.41) is 3.39. The second-order valence-corrected chi connectivity index (χ2v) is 6.33. The van der Waals surface area contributed by atoms with Crippen molar-refractivity contribution in [3.05, 3.63) is 60.0 Å². The van der Waals surface area contributed by atoms with Crippen LogP contribution in [0, 0.1) is 13.8 Å². The lowest BCUT2D eigenvalue weighted by atomic mass is 10.2. The average Bonchev–Trinajstić information content (AvgIpc) is 2.70. The van der Waals surface area contributed by atoms with Crippen LogP contribution in [-0.2, 0) is 0 Å². The van der Waals surface area contributed by atoms with Crippen LogP contribution in [-0.4, -0.2) is 34.7 Å². The van der Waals surface area contributed by atoms with Gasteiger partial charge in [-0.05, 0) is 57.2 Å². The van der Waals surface area contributed by atoms with Gasteiger partial charge in [-0.2, -0.15) is 0 Å². The van der Waals surface area contributed by atoms with Crippen LogP contribution in [0.3, 0.4) is 0 Å². The molecule has 2 aromatic heterocycles. The highest BCUT2D eigenvalue weighted by Gasteiger charge is 2.11. The molecule has 0 aliphatic rings. The Balaban J connectivity index is 1.68. The molecule has 3 rings (SSSR count). The summed E-state index contributed by atoms with van der Waals surface area (Å²) in [6, 6.07) is 11.4. The number of aromatic nitrogens is 3. The molecule has 1 N–H and O–H groups in total. The Morgan fingerprint density at radius 1 is 0.963 bits per heavy atom. The van der Waals surface area contributed by atoms with Crippen molar-refractivity contribution < 1.29 is 9.47 Å². The molecule has 1 unspecified atom stereocenters. The monoisotopic (exact) mass is 364 g/mol. The molecule has 1 aromatic carbocycles. The number of pyridine rings is 1. The van der Waals surface area contributed by atoms with Crippen LogP contribution in [0.2, 0.25) is 0 Å². The summed E-state index contributed by atoms with van der Waals surface area (Å²) < 4.78 is 11.1. The van der Waals surface area contributed by atoms with Crippen molar-refractivity contribution in [3.63, 3.8) is 0 Å². The molecular weight excluding hydrogens is 340 g/mol. The fourth-order valence-corrected chi connectivity index (χ4v) is 2.60. The second kappa shape index (κ2) is 8.49. The van der Waals surface area contributed by atoms with E-state index in [-0.39, 0.29) is 6.10 Å². The minimum absolute atomic E-state index is 0.0301. The Labute approximate surface area is 159 Å². The molecule has 140 valence electrons. The van der Waals surface area contributed by atoms with Gasteiger partial charge in [0, 0.05) is 29.2 Å². The summed E-state index contributed by atoms with van der Waals surface area (Å²) in [5.74, 6) is 3.12. The molecule has 0 spiro atoms. The number of rotatable bonds is 7. The number of hydrogen-bond donors (Lipinski definition) is 1. The van der Waals surface area contributed by atoms with E-state index in [4.69, 9.17) is 9.47 Å². The Hall–Kier alpha value is -3.15. The third-order valence-electron chi connectivity index (χ3n) is 4.28. The Morgan fingerprint density at radius 3 is 2.30 bits per heavy atom. The van der Waals surface area contributed by atoms with Gasteiger partial charge in [0.05, 0.1) is 13.7 Å². The van der Waals surface area contributed by atoms with Crippen molar-refractivity contribution >= 4 is 5.82 Å². The molecule has 0 fully saturated rings. The molecule has 0 amide bonds. The molecule has 0 saturated carbocycles. The van der Waals surface area contributed by atoms with Gasteiger partial charge in [-0.1, -0.05) is 0 Å². The summed E-state index contributed by atoms with van der Waals surface area (Å²) in [4.78, 5) is 13.3. The van der Waals surface area contributed by atoms with Gasteiger partial charge < -0.3 is 14.8 Å². The topological polar surface area (TPSA) is 69.2 Å². The van der Waals surface area contributed by atoms with E-state index >= 15 is 0 Å². The zero-order chi connectivity index (χ0) is 19.2. The van der Waals surface area contributed by atoms with Crippen LogP contribution in [0.15, 0.2) is 48.8 Å². The van der Waals surface area contributed by atoms with E-state index in [2.05, 4.69) is 20.3 Å². The Morgan fingerprint density at radius 2 is 1.63 bits per heavy atom. The number of hydrogen-bond acceptors (Lipinski definition) is 6. The molecule has 0 bridgehead atoms. The molecule has 1 atom stereocenters. The van der Waals surface area contributed by atoms with Crippen LogP contribution in [0.25, 0.3) is 11.4 Å². The third-order valence-corrected chi connectivity index (χ3v) is 4.28. The maximum absolute atomic E-state index is 5.95. The third kappa shape index (κ3) is 4.73. The largest absolute Gasteiger partial charge is 0.497 e. The van der Waals surface area contributed by atoms with Crippen LogP contribution in [0.5, 0.6) is 11.5 Å². The SMILES string of the molecule is COc1ccc(OC(C)CNc2nc(-c3ccncc3)nc(C)c2C)cc1. The summed E-state index contributed by atoms with van der Waals surface area (Å²) in [6.07, 6.45) is 3.45. The van der Waals surface area contributed by atoms with E-state index < -0.39 is 0 Å². The van der Waals surface area contributed by atoms with Crippen molar-refractivity contribution in [1.29, 1.82) is 0 Å². The standard InChI is InChI=1S/C21H24N4O2/c1-14(27-19-7-5-18(26-4)6-8-19)13-23-20-15(2)16(3)24-21(25-20)17-9-11-22-12-10-17/h5-12,14H,13H2,1-4H3,(H,23,24,25). The number of ether oxygens (including phenoxy) is 2. The number of aryl methyl sites for hydroxylation is 1. The first-order chi connectivity index (χ1) is 13.1. The molecule has 2 heterocycles. The quantitative estimate of drug-likeness (QED) is 0.682. The van der Waals surface area contributed by atoms with E-state index in [1.165, 1.54) is 0 Å². The van der Waals surface area contributed by atoms with E-state index in [9.17, 15) is 0 Å². The molecule has 0 saturated heterocycles. The highest BCUT2D eigenvalue weighted by atomic mass is 16.5. The molecule has 0 aliphatic heterocycles. The fourth-order valence-electron chi connectivity index (χ4n) is 2.60. The number of methoxy groups -OCH3 is 1. The Kier molecular flexibility index (Phi) is 5.86. The first kappa shape index (κ1) is 18.6. The molecule has 0 radical (unpaired) electrons. The van der Waals surface area contributed by atoms with E-state index in [1.807, 2.05) is 57.2 Å². The molecule has 3 aromatic rings.